The zero-order chi connectivity index (χ0) is 15.4. The Morgan fingerprint density at radius 3 is 2.95 bits per heavy atom. The average molecular weight is 290 g/mol. The second-order valence-corrected chi connectivity index (χ2v) is 5.86. The first-order valence-corrected chi connectivity index (χ1v) is 7.41. The van der Waals surface area contributed by atoms with Crippen LogP contribution in [-0.2, 0) is 4.79 Å². The SMILES string of the molecule is Cc1ncccc1C(=O)N1CCCC(C(C)CC(=O)O)C1. The molecule has 2 unspecified atom stereocenters. The van der Waals surface area contributed by atoms with Gasteiger partial charge in [-0.05, 0) is 43.7 Å². The van der Waals surface area contributed by atoms with Gasteiger partial charge in [0.05, 0.1) is 5.56 Å². The van der Waals surface area contributed by atoms with Crippen molar-refractivity contribution in [1.82, 2.24) is 9.88 Å². The van der Waals surface area contributed by atoms with E-state index < -0.39 is 5.97 Å². The van der Waals surface area contributed by atoms with E-state index in [4.69, 9.17) is 5.11 Å². The van der Waals surface area contributed by atoms with Crippen LogP contribution in [0.25, 0.3) is 0 Å². The Labute approximate surface area is 125 Å². The summed E-state index contributed by atoms with van der Waals surface area (Å²) in [6.07, 6.45) is 3.77. The van der Waals surface area contributed by atoms with Gasteiger partial charge in [0.15, 0.2) is 0 Å². The maximum Gasteiger partial charge on any atom is 0.303 e. The number of aromatic nitrogens is 1. The van der Waals surface area contributed by atoms with Crippen LogP contribution in [0, 0.1) is 18.8 Å². The van der Waals surface area contributed by atoms with E-state index in [1.807, 2.05) is 18.7 Å². The average Bonchev–Trinajstić information content (AvgIpc) is 2.46. The number of carboxylic acid groups (broad SMARTS) is 1. The van der Waals surface area contributed by atoms with Crippen LogP contribution in [0.5, 0.6) is 0 Å². The van der Waals surface area contributed by atoms with Crippen molar-refractivity contribution in [2.24, 2.45) is 11.8 Å². The summed E-state index contributed by atoms with van der Waals surface area (Å²) in [6, 6.07) is 3.57. The molecule has 0 saturated carbocycles. The lowest BCUT2D eigenvalue weighted by molar-refractivity contribution is -0.138. The Balaban J connectivity index is 2.05. The Hall–Kier alpha value is -1.91. The Kier molecular flexibility index (Phi) is 4.94. The Bertz CT molecular complexity index is 530. The van der Waals surface area contributed by atoms with E-state index in [0.717, 1.165) is 25.1 Å². The summed E-state index contributed by atoms with van der Waals surface area (Å²) in [4.78, 5) is 29.4. The molecule has 0 radical (unpaired) electrons. The molecule has 1 fully saturated rings. The molecule has 2 atom stereocenters. The Morgan fingerprint density at radius 1 is 1.52 bits per heavy atom. The topological polar surface area (TPSA) is 70.5 Å². The van der Waals surface area contributed by atoms with Crippen LogP contribution >= 0.6 is 0 Å². The fourth-order valence-electron chi connectivity index (χ4n) is 2.98. The molecule has 1 amide bonds. The lowest BCUT2D eigenvalue weighted by atomic mass is 9.84. The van der Waals surface area contributed by atoms with Crippen LogP contribution in [0.2, 0.25) is 0 Å². The fourth-order valence-corrected chi connectivity index (χ4v) is 2.98. The summed E-state index contributed by atoms with van der Waals surface area (Å²) < 4.78 is 0. The number of aryl methyl sites for hydroxylation is 1. The monoisotopic (exact) mass is 290 g/mol. The number of pyridine rings is 1. The lowest BCUT2D eigenvalue weighted by Crippen LogP contribution is -2.42. The highest BCUT2D eigenvalue weighted by Gasteiger charge is 2.29. The summed E-state index contributed by atoms with van der Waals surface area (Å²) in [7, 11) is 0. The van der Waals surface area contributed by atoms with Crippen molar-refractivity contribution < 1.29 is 14.7 Å². The molecule has 2 rings (SSSR count). The molecule has 5 nitrogen and oxygen atoms in total. The number of likely N-dealkylation sites (tertiary alicyclic amines) is 1. The van der Waals surface area contributed by atoms with Crippen molar-refractivity contribution in [3.63, 3.8) is 0 Å². The van der Waals surface area contributed by atoms with Crippen molar-refractivity contribution in [3.05, 3.63) is 29.6 Å². The number of piperidine rings is 1. The van der Waals surface area contributed by atoms with E-state index in [0.29, 0.717) is 12.1 Å². The number of carbonyl (C=O) groups excluding carboxylic acids is 1. The molecular weight excluding hydrogens is 268 g/mol. The number of hydrogen-bond acceptors (Lipinski definition) is 3. The van der Waals surface area contributed by atoms with Crippen LogP contribution in [0.4, 0.5) is 0 Å². The highest BCUT2D eigenvalue weighted by Crippen LogP contribution is 2.27. The quantitative estimate of drug-likeness (QED) is 0.924. The van der Waals surface area contributed by atoms with Gasteiger partial charge >= 0.3 is 5.97 Å². The molecule has 0 bridgehead atoms. The van der Waals surface area contributed by atoms with Gasteiger partial charge in [-0.2, -0.15) is 0 Å². The van der Waals surface area contributed by atoms with Crippen LogP contribution < -0.4 is 0 Å². The number of hydrogen-bond donors (Lipinski definition) is 1. The highest BCUT2D eigenvalue weighted by atomic mass is 16.4. The molecule has 0 aliphatic carbocycles. The molecular formula is C16H22N2O3. The minimum atomic E-state index is -0.769. The predicted molar refractivity (Wildman–Crippen MR) is 79.0 cm³/mol. The first-order chi connectivity index (χ1) is 9.99. The zero-order valence-electron chi connectivity index (χ0n) is 12.6. The summed E-state index contributed by atoms with van der Waals surface area (Å²) in [5.41, 5.74) is 1.38. The van der Waals surface area contributed by atoms with Gasteiger partial charge in [0.25, 0.3) is 5.91 Å². The summed E-state index contributed by atoms with van der Waals surface area (Å²) in [5, 5.41) is 8.92. The van der Waals surface area contributed by atoms with Crippen LogP contribution in [0.3, 0.4) is 0 Å². The Morgan fingerprint density at radius 2 is 2.29 bits per heavy atom. The van der Waals surface area contributed by atoms with Crippen molar-refractivity contribution in [2.75, 3.05) is 13.1 Å². The van der Waals surface area contributed by atoms with Crippen LogP contribution in [0.15, 0.2) is 18.3 Å². The van der Waals surface area contributed by atoms with Gasteiger partial charge in [0.2, 0.25) is 0 Å². The van der Waals surface area contributed by atoms with Crippen LogP contribution in [0.1, 0.15) is 42.2 Å². The number of carbonyl (C=O) groups is 2. The predicted octanol–water partition coefficient (Wildman–Crippen LogP) is 2.35. The first-order valence-electron chi connectivity index (χ1n) is 7.41. The summed E-state index contributed by atoms with van der Waals surface area (Å²) >= 11 is 0. The second kappa shape index (κ2) is 6.70. The van der Waals surface area contributed by atoms with Gasteiger partial charge in [-0.3, -0.25) is 14.6 Å². The van der Waals surface area contributed by atoms with Gasteiger partial charge in [0.1, 0.15) is 0 Å². The number of carboxylic acids is 1. The number of nitrogens with zero attached hydrogens (tertiary/aromatic N) is 2. The molecule has 0 spiro atoms. The molecule has 0 aromatic carbocycles. The smallest absolute Gasteiger partial charge is 0.303 e. The van der Waals surface area contributed by atoms with E-state index in [1.54, 1.807) is 18.3 Å². The molecule has 1 aromatic heterocycles. The van der Waals surface area contributed by atoms with E-state index in [9.17, 15) is 9.59 Å². The molecule has 1 saturated heterocycles. The zero-order valence-corrected chi connectivity index (χ0v) is 12.6. The third kappa shape index (κ3) is 3.80. The standard InChI is InChI=1S/C16H22N2O3/c1-11(9-15(19)20)13-5-4-8-18(10-13)16(21)14-6-3-7-17-12(14)2/h3,6-7,11,13H,4-5,8-10H2,1-2H3,(H,19,20). The molecule has 1 N–H and O–H groups in total. The molecule has 21 heavy (non-hydrogen) atoms. The number of aliphatic carboxylic acids is 1. The van der Waals surface area contributed by atoms with Gasteiger partial charge < -0.3 is 10.0 Å². The molecule has 5 heteroatoms. The van der Waals surface area contributed by atoms with E-state index in [2.05, 4.69) is 4.98 Å². The van der Waals surface area contributed by atoms with Crippen molar-refractivity contribution >= 4 is 11.9 Å². The van der Waals surface area contributed by atoms with Gasteiger partial charge in [-0.25, -0.2) is 0 Å². The highest BCUT2D eigenvalue weighted by molar-refractivity contribution is 5.95. The maximum absolute atomic E-state index is 12.6. The third-order valence-corrected chi connectivity index (χ3v) is 4.28. The normalized spacial score (nSPS) is 20.1. The molecule has 1 aliphatic rings. The minimum Gasteiger partial charge on any atom is -0.481 e. The minimum absolute atomic E-state index is 0.00725. The van der Waals surface area contributed by atoms with E-state index in [-0.39, 0.29) is 24.2 Å². The summed E-state index contributed by atoms with van der Waals surface area (Å²) in [5.74, 6) is -0.411. The second-order valence-electron chi connectivity index (χ2n) is 5.86. The van der Waals surface area contributed by atoms with E-state index in [1.165, 1.54) is 0 Å². The largest absolute Gasteiger partial charge is 0.481 e. The molecule has 1 aliphatic heterocycles. The molecule has 114 valence electrons. The van der Waals surface area contributed by atoms with Gasteiger partial charge in [-0.15, -0.1) is 0 Å². The van der Waals surface area contributed by atoms with Crippen molar-refractivity contribution in [1.29, 1.82) is 0 Å². The first kappa shape index (κ1) is 15.5. The summed E-state index contributed by atoms with van der Waals surface area (Å²) in [6.45, 7) is 5.18. The van der Waals surface area contributed by atoms with Gasteiger partial charge in [-0.1, -0.05) is 6.92 Å². The van der Waals surface area contributed by atoms with Crippen molar-refractivity contribution in [2.45, 2.75) is 33.1 Å². The number of amides is 1. The van der Waals surface area contributed by atoms with Gasteiger partial charge in [0, 0.05) is 31.4 Å². The fraction of sp³-hybridized carbons (Fsp3) is 0.562. The molecule has 2 heterocycles. The van der Waals surface area contributed by atoms with E-state index >= 15 is 0 Å². The van der Waals surface area contributed by atoms with Crippen molar-refractivity contribution in [3.8, 4) is 0 Å². The number of rotatable bonds is 4. The van der Waals surface area contributed by atoms with Crippen LogP contribution in [-0.4, -0.2) is 40.0 Å². The lowest BCUT2D eigenvalue weighted by Gasteiger charge is -2.35. The maximum atomic E-state index is 12.6. The third-order valence-electron chi connectivity index (χ3n) is 4.28. The molecule has 1 aromatic rings.